The van der Waals surface area contributed by atoms with E-state index in [1.807, 2.05) is 6.92 Å². The number of halogens is 1. The topological polar surface area (TPSA) is 64.8 Å². The second-order valence-electron chi connectivity index (χ2n) is 3.78. The van der Waals surface area contributed by atoms with E-state index in [2.05, 4.69) is 0 Å². The van der Waals surface area contributed by atoms with Gasteiger partial charge in [0.15, 0.2) is 0 Å². The van der Waals surface area contributed by atoms with Gasteiger partial charge in [-0.05, 0) is 13.3 Å². The van der Waals surface area contributed by atoms with E-state index in [-0.39, 0.29) is 31.0 Å². The average molecular weight is 253 g/mol. The van der Waals surface area contributed by atoms with Crippen LogP contribution < -0.4 is 5.73 Å². The summed E-state index contributed by atoms with van der Waals surface area (Å²) in [6, 6.07) is 0. The van der Waals surface area contributed by atoms with E-state index in [0.717, 1.165) is 13.0 Å². The standard InChI is InChI=1S/C10H20N2O3.ClH/c1-8-7-12(4-3-5-15-8)10(13)9(6-11)14-2;/h8-9H,3-7,11H2,1-2H3;1H. The molecular weight excluding hydrogens is 232 g/mol. The maximum atomic E-state index is 11.9. The first-order chi connectivity index (χ1) is 7.19. The van der Waals surface area contributed by atoms with Crippen LogP contribution in [-0.2, 0) is 14.3 Å². The lowest BCUT2D eigenvalue weighted by molar-refractivity contribution is -0.142. The third-order valence-corrected chi connectivity index (χ3v) is 2.54. The number of nitrogens with zero attached hydrogens (tertiary/aromatic N) is 1. The fraction of sp³-hybridized carbons (Fsp3) is 0.900. The van der Waals surface area contributed by atoms with Crippen LogP contribution in [0, 0.1) is 0 Å². The van der Waals surface area contributed by atoms with Gasteiger partial charge in [-0.2, -0.15) is 0 Å². The number of amides is 1. The number of nitrogens with two attached hydrogens (primary N) is 1. The van der Waals surface area contributed by atoms with Crippen molar-refractivity contribution in [1.29, 1.82) is 0 Å². The molecule has 1 heterocycles. The minimum Gasteiger partial charge on any atom is -0.377 e. The van der Waals surface area contributed by atoms with Crippen molar-refractivity contribution in [2.75, 3.05) is 33.4 Å². The Bertz CT molecular complexity index is 212. The lowest BCUT2D eigenvalue weighted by Gasteiger charge is -2.25. The number of ether oxygens (including phenoxy) is 2. The average Bonchev–Trinajstić information content (AvgIpc) is 2.44. The molecule has 96 valence electrons. The lowest BCUT2D eigenvalue weighted by Crippen LogP contribution is -2.45. The minimum absolute atomic E-state index is 0. The maximum absolute atomic E-state index is 11.9. The minimum atomic E-state index is -0.518. The van der Waals surface area contributed by atoms with Crippen LogP contribution in [0.2, 0.25) is 0 Å². The molecule has 1 aliphatic rings. The van der Waals surface area contributed by atoms with Gasteiger partial charge in [-0.1, -0.05) is 0 Å². The Labute approximate surface area is 103 Å². The molecule has 2 N–H and O–H groups in total. The Morgan fingerprint density at radius 1 is 1.69 bits per heavy atom. The van der Waals surface area contributed by atoms with E-state index in [4.69, 9.17) is 15.2 Å². The van der Waals surface area contributed by atoms with Crippen molar-refractivity contribution in [2.24, 2.45) is 5.73 Å². The SMILES string of the molecule is COC(CN)C(=O)N1CCCOC(C)C1.Cl. The van der Waals surface area contributed by atoms with Crippen LogP contribution in [0.25, 0.3) is 0 Å². The monoisotopic (exact) mass is 252 g/mol. The Morgan fingerprint density at radius 3 is 2.94 bits per heavy atom. The fourth-order valence-corrected chi connectivity index (χ4v) is 1.70. The zero-order chi connectivity index (χ0) is 11.3. The first-order valence-corrected chi connectivity index (χ1v) is 5.32. The quantitative estimate of drug-likeness (QED) is 0.769. The molecule has 1 amide bonds. The summed E-state index contributed by atoms with van der Waals surface area (Å²) in [5.41, 5.74) is 5.46. The number of methoxy groups -OCH3 is 1. The summed E-state index contributed by atoms with van der Waals surface area (Å²) in [6.07, 6.45) is 0.443. The van der Waals surface area contributed by atoms with Gasteiger partial charge in [0.05, 0.1) is 6.10 Å². The van der Waals surface area contributed by atoms with Crippen molar-refractivity contribution < 1.29 is 14.3 Å². The molecule has 2 atom stereocenters. The number of carbonyl (C=O) groups excluding carboxylic acids is 1. The first-order valence-electron chi connectivity index (χ1n) is 5.32. The fourth-order valence-electron chi connectivity index (χ4n) is 1.70. The summed E-state index contributed by atoms with van der Waals surface area (Å²) in [7, 11) is 1.51. The van der Waals surface area contributed by atoms with Crippen LogP contribution in [-0.4, -0.2) is 56.4 Å². The van der Waals surface area contributed by atoms with E-state index >= 15 is 0 Å². The predicted molar refractivity (Wildman–Crippen MR) is 63.7 cm³/mol. The Hall–Kier alpha value is -0.360. The van der Waals surface area contributed by atoms with E-state index < -0.39 is 6.10 Å². The van der Waals surface area contributed by atoms with Gasteiger partial charge < -0.3 is 20.1 Å². The van der Waals surface area contributed by atoms with Crippen molar-refractivity contribution in [3.63, 3.8) is 0 Å². The molecule has 0 aliphatic carbocycles. The predicted octanol–water partition coefficient (Wildman–Crippen LogP) is 0.0193. The van der Waals surface area contributed by atoms with Crippen LogP contribution >= 0.6 is 12.4 Å². The number of hydrogen-bond acceptors (Lipinski definition) is 4. The van der Waals surface area contributed by atoms with E-state index in [9.17, 15) is 4.79 Å². The van der Waals surface area contributed by atoms with Crippen molar-refractivity contribution in [2.45, 2.75) is 25.6 Å². The van der Waals surface area contributed by atoms with Gasteiger partial charge in [-0.15, -0.1) is 12.4 Å². The van der Waals surface area contributed by atoms with Crippen LogP contribution in [0.1, 0.15) is 13.3 Å². The summed E-state index contributed by atoms with van der Waals surface area (Å²) < 4.78 is 10.5. The molecule has 1 saturated heterocycles. The van der Waals surface area contributed by atoms with Crippen molar-refractivity contribution in [3.8, 4) is 0 Å². The molecule has 1 fully saturated rings. The molecule has 0 radical (unpaired) electrons. The van der Waals surface area contributed by atoms with Crippen molar-refractivity contribution in [3.05, 3.63) is 0 Å². The Kier molecular flexibility index (Phi) is 7.66. The summed E-state index contributed by atoms with van der Waals surface area (Å²) in [6.45, 7) is 4.25. The third kappa shape index (κ3) is 4.25. The first kappa shape index (κ1) is 15.6. The molecule has 1 rings (SSSR count). The van der Waals surface area contributed by atoms with Gasteiger partial charge in [-0.3, -0.25) is 4.79 Å². The normalized spacial score (nSPS) is 23.2. The highest BCUT2D eigenvalue weighted by atomic mass is 35.5. The molecule has 5 nitrogen and oxygen atoms in total. The third-order valence-electron chi connectivity index (χ3n) is 2.54. The number of hydrogen-bond donors (Lipinski definition) is 1. The molecular formula is C10H21ClN2O3. The zero-order valence-corrected chi connectivity index (χ0v) is 10.7. The lowest BCUT2D eigenvalue weighted by atomic mass is 10.2. The van der Waals surface area contributed by atoms with Gasteiger partial charge in [0.1, 0.15) is 6.10 Å². The molecule has 0 aromatic carbocycles. The van der Waals surface area contributed by atoms with Crippen LogP contribution in [0.5, 0.6) is 0 Å². The number of carbonyl (C=O) groups is 1. The molecule has 0 spiro atoms. The maximum Gasteiger partial charge on any atom is 0.253 e. The second kappa shape index (κ2) is 7.84. The van der Waals surface area contributed by atoms with Gasteiger partial charge >= 0.3 is 0 Å². The smallest absolute Gasteiger partial charge is 0.253 e. The van der Waals surface area contributed by atoms with Gasteiger partial charge in [0.25, 0.3) is 5.91 Å². The number of rotatable bonds is 3. The van der Waals surface area contributed by atoms with Crippen LogP contribution in [0.4, 0.5) is 0 Å². The summed E-state index contributed by atoms with van der Waals surface area (Å²) in [4.78, 5) is 13.7. The van der Waals surface area contributed by atoms with Crippen LogP contribution in [0.15, 0.2) is 0 Å². The van der Waals surface area contributed by atoms with Gasteiger partial charge in [0, 0.05) is 33.4 Å². The van der Waals surface area contributed by atoms with E-state index in [0.29, 0.717) is 13.2 Å². The molecule has 6 heteroatoms. The summed E-state index contributed by atoms with van der Waals surface area (Å²) >= 11 is 0. The van der Waals surface area contributed by atoms with Gasteiger partial charge in [-0.25, -0.2) is 0 Å². The Morgan fingerprint density at radius 2 is 2.38 bits per heavy atom. The van der Waals surface area contributed by atoms with E-state index in [1.165, 1.54) is 7.11 Å². The second-order valence-corrected chi connectivity index (χ2v) is 3.78. The highest BCUT2D eigenvalue weighted by Crippen LogP contribution is 2.07. The molecule has 0 aromatic rings. The van der Waals surface area contributed by atoms with Gasteiger partial charge in [0.2, 0.25) is 0 Å². The zero-order valence-electron chi connectivity index (χ0n) is 9.85. The molecule has 0 saturated carbocycles. The summed E-state index contributed by atoms with van der Waals surface area (Å²) in [5.74, 6) is -0.0302. The van der Waals surface area contributed by atoms with Crippen LogP contribution in [0.3, 0.4) is 0 Å². The summed E-state index contributed by atoms with van der Waals surface area (Å²) in [5, 5.41) is 0. The molecule has 0 aromatic heterocycles. The Balaban J connectivity index is 0.00000225. The highest BCUT2D eigenvalue weighted by molar-refractivity contribution is 5.85. The molecule has 1 aliphatic heterocycles. The van der Waals surface area contributed by atoms with E-state index in [1.54, 1.807) is 4.90 Å². The van der Waals surface area contributed by atoms with Crippen molar-refractivity contribution in [1.82, 2.24) is 4.90 Å². The molecule has 16 heavy (non-hydrogen) atoms. The molecule has 2 unspecified atom stereocenters. The van der Waals surface area contributed by atoms with Crippen molar-refractivity contribution >= 4 is 18.3 Å². The highest BCUT2D eigenvalue weighted by Gasteiger charge is 2.25. The molecule has 0 bridgehead atoms. The largest absolute Gasteiger partial charge is 0.377 e.